The minimum absolute atomic E-state index is 0.662. The summed E-state index contributed by atoms with van der Waals surface area (Å²) in [5, 5.41) is 1.32. The van der Waals surface area contributed by atoms with Crippen LogP contribution in [0.2, 0.25) is 10.3 Å². The Labute approximate surface area is 57.8 Å². The third-order valence-corrected chi connectivity index (χ3v) is 1.76. The van der Waals surface area contributed by atoms with Gasteiger partial charge in [0.15, 0.2) is 0 Å². The van der Waals surface area contributed by atoms with Crippen LogP contribution in [0.5, 0.6) is 0 Å². The van der Waals surface area contributed by atoms with Gasteiger partial charge in [-0.1, -0.05) is 23.2 Å². The quantitative estimate of drug-likeness (QED) is 0.534. The van der Waals surface area contributed by atoms with Gasteiger partial charge in [0, 0.05) is 7.05 Å². The number of rotatable bonds is 0. The molecule has 0 saturated carbocycles. The second-order valence-corrected chi connectivity index (χ2v) is 2.31. The van der Waals surface area contributed by atoms with Gasteiger partial charge in [0.2, 0.25) is 0 Å². The Morgan fingerprint density at radius 3 is 1.75 bits per heavy atom. The molecule has 0 aliphatic rings. The summed E-state index contributed by atoms with van der Waals surface area (Å²) in [4.78, 5) is 0. The van der Waals surface area contributed by atoms with Crippen LogP contribution in [0.4, 0.5) is 0 Å². The fourth-order valence-electron chi connectivity index (χ4n) is 0.463. The first-order chi connectivity index (χ1) is 3.72. The molecule has 0 bridgehead atoms. The molecule has 0 fully saturated rings. The molecule has 0 unspecified atom stereocenters. The van der Waals surface area contributed by atoms with E-state index in [9.17, 15) is 0 Å². The molecule has 3 heteroatoms. The van der Waals surface area contributed by atoms with Crippen molar-refractivity contribution in [3.63, 3.8) is 0 Å². The molecule has 0 aliphatic heterocycles. The van der Waals surface area contributed by atoms with Gasteiger partial charge in [-0.2, -0.15) is 0 Å². The number of hydrogen-bond acceptors (Lipinski definition) is 0. The Morgan fingerprint density at radius 1 is 1.25 bits per heavy atom. The van der Waals surface area contributed by atoms with E-state index in [4.69, 9.17) is 23.2 Å². The van der Waals surface area contributed by atoms with Crippen LogP contribution in [0.25, 0.3) is 0 Å². The van der Waals surface area contributed by atoms with Gasteiger partial charge in [-0.25, -0.2) is 0 Å². The number of hydrogen-bond donors (Lipinski definition) is 0. The standard InChI is InChI=1S/C5H5Cl2N/c1-8-4(6)2-3-5(8)7/h2-3H,1H3. The maximum absolute atomic E-state index is 5.61. The predicted molar refractivity (Wildman–Crippen MR) is 35.4 cm³/mol. The first kappa shape index (κ1) is 5.99. The molecule has 44 valence electrons. The Morgan fingerprint density at radius 2 is 1.62 bits per heavy atom. The van der Waals surface area contributed by atoms with Crippen molar-refractivity contribution in [2.45, 2.75) is 0 Å². The van der Waals surface area contributed by atoms with E-state index in [1.54, 1.807) is 16.7 Å². The van der Waals surface area contributed by atoms with Crippen molar-refractivity contribution in [3.8, 4) is 0 Å². The van der Waals surface area contributed by atoms with Crippen LogP contribution in [-0.4, -0.2) is 4.57 Å². The van der Waals surface area contributed by atoms with Gasteiger partial charge in [-0.3, -0.25) is 0 Å². The van der Waals surface area contributed by atoms with Crippen LogP contribution in [0.15, 0.2) is 12.1 Å². The minimum atomic E-state index is 0.662. The zero-order chi connectivity index (χ0) is 6.15. The van der Waals surface area contributed by atoms with Crippen molar-refractivity contribution in [1.29, 1.82) is 0 Å². The largest absolute Gasteiger partial charge is 0.326 e. The van der Waals surface area contributed by atoms with Crippen molar-refractivity contribution in [3.05, 3.63) is 22.4 Å². The molecule has 0 aromatic carbocycles. The van der Waals surface area contributed by atoms with Gasteiger partial charge < -0.3 is 4.57 Å². The molecule has 1 rings (SSSR count). The second kappa shape index (κ2) is 2.00. The Bertz CT molecular complexity index is 173. The maximum atomic E-state index is 5.61. The van der Waals surface area contributed by atoms with E-state index in [2.05, 4.69) is 0 Å². The third-order valence-electron chi connectivity index (χ3n) is 0.999. The van der Waals surface area contributed by atoms with Gasteiger partial charge in [0.1, 0.15) is 10.3 Å². The van der Waals surface area contributed by atoms with E-state index in [0.717, 1.165) is 0 Å². The molecule has 0 atom stereocenters. The summed E-state index contributed by atoms with van der Waals surface area (Å²) in [6, 6.07) is 3.51. The smallest absolute Gasteiger partial charge is 0.109 e. The highest BCUT2D eigenvalue weighted by molar-refractivity contribution is 6.33. The van der Waals surface area contributed by atoms with E-state index >= 15 is 0 Å². The second-order valence-electron chi connectivity index (χ2n) is 1.54. The van der Waals surface area contributed by atoms with Gasteiger partial charge >= 0.3 is 0 Å². The molecule has 0 amide bonds. The van der Waals surface area contributed by atoms with Crippen LogP contribution in [0, 0.1) is 0 Å². The van der Waals surface area contributed by atoms with E-state index in [1.165, 1.54) is 0 Å². The van der Waals surface area contributed by atoms with Crippen molar-refractivity contribution >= 4 is 23.2 Å². The highest BCUT2D eigenvalue weighted by atomic mass is 35.5. The van der Waals surface area contributed by atoms with Crippen molar-refractivity contribution in [2.24, 2.45) is 7.05 Å². The van der Waals surface area contributed by atoms with E-state index in [-0.39, 0.29) is 0 Å². The summed E-state index contributed by atoms with van der Waals surface area (Å²) in [5.74, 6) is 0. The number of nitrogens with zero attached hydrogens (tertiary/aromatic N) is 1. The lowest BCUT2D eigenvalue weighted by Crippen LogP contribution is -1.83. The van der Waals surface area contributed by atoms with Crippen LogP contribution in [-0.2, 0) is 7.05 Å². The molecular weight excluding hydrogens is 145 g/mol. The van der Waals surface area contributed by atoms with Gasteiger partial charge in [-0.05, 0) is 12.1 Å². The Balaban J connectivity index is 3.19. The first-order valence-electron chi connectivity index (χ1n) is 2.18. The van der Waals surface area contributed by atoms with E-state index in [1.807, 2.05) is 7.05 Å². The van der Waals surface area contributed by atoms with Crippen molar-refractivity contribution in [1.82, 2.24) is 4.57 Å². The lowest BCUT2D eigenvalue weighted by molar-refractivity contribution is 0.930. The van der Waals surface area contributed by atoms with Crippen LogP contribution >= 0.6 is 23.2 Å². The van der Waals surface area contributed by atoms with Crippen molar-refractivity contribution in [2.75, 3.05) is 0 Å². The average Bonchev–Trinajstić information content (AvgIpc) is 1.98. The molecule has 1 aromatic heterocycles. The molecular formula is C5H5Cl2N. The zero-order valence-electron chi connectivity index (χ0n) is 4.36. The minimum Gasteiger partial charge on any atom is -0.326 e. The third kappa shape index (κ3) is 0.837. The van der Waals surface area contributed by atoms with E-state index in [0.29, 0.717) is 10.3 Å². The highest BCUT2D eigenvalue weighted by Gasteiger charge is 1.95. The first-order valence-corrected chi connectivity index (χ1v) is 2.94. The summed E-state index contributed by atoms with van der Waals surface area (Å²) in [6.45, 7) is 0. The Hall–Kier alpha value is -0.140. The van der Waals surface area contributed by atoms with Crippen LogP contribution in [0.3, 0.4) is 0 Å². The Kier molecular flexibility index (Phi) is 1.49. The summed E-state index contributed by atoms with van der Waals surface area (Å²) in [7, 11) is 1.81. The molecule has 1 heterocycles. The van der Waals surface area contributed by atoms with Crippen LogP contribution < -0.4 is 0 Å². The molecule has 0 radical (unpaired) electrons. The highest BCUT2D eigenvalue weighted by Crippen LogP contribution is 2.15. The molecule has 8 heavy (non-hydrogen) atoms. The predicted octanol–water partition coefficient (Wildman–Crippen LogP) is 2.33. The SMILES string of the molecule is Cn1c(Cl)ccc1Cl. The maximum Gasteiger partial charge on any atom is 0.109 e. The number of halogens is 2. The summed E-state index contributed by atoms with van der Waals surface area (Å²) in [5.41, 5.74) is 0. The monoisotopic (exact) mass is 149 g/mol. The molecule has 0 N–H and O–H groups in total. The van der Waals surface area contributed by atoms with Crippen LogP contribution in [0.1, 0.15) is 0 Å². The number of aromatic nitrogens is 1. The fraction of sp³-hybridized carbons (Fsp3) is 0.200. The molecule has 1 aromatic rings. The lowest BCUT2D eigenvalue weighted by atomic mass is 10.7. The van der Waals surface area contributed by atoms with Gasteiger partial charge in [0.25, 0.3) is 0 Å². The summed E-state index contributed by atoms with van der Waals surface area (Å²) in [6.07, 6.45) is 0. The van der Waals surface area contributed by atoms with Gasteiger partial charge in [-0.15, -0.1) is 0 Å². The molecule has 0 spiro atoms. The fourth-order valence-corrected chi connectivity index (χ4v) is 0.815. The zero-order valence-corrected chi connectivity index (χ0v) is 5.87. The molecule has 0 aliphatic carbocycles. The van der Waals surface area contributed by atoms with E-state index < -0.39 is 0 Å². The van der Waals surface area contributed by atoms with Gasteiger partial charge in [0.05, 0.1) is 0 Å². The summed E-state index contributed by atoms with van der Waals surface area (Å²) >= 11 is 11.2. The topological polar surface area (TPSA) is 4.93 Å². The molecule has 0 saturated heterocycles. The summed E-state index contributed by atoms with van der Waals surface area (Å²) < 4.78 is 1.70. The lowest BCUT2D eigenvalue weighted by Gasteiger charge is -1.92. The normalized spacial score (nSPS) is 9.88. The molecule has 1 nitrogen and oxygen atoms in total. The average molecular weight is 150 g/mol. The van der Waals surface area contributed by atoms with Crippen molar-refractivity contribution < 1.29 is 0 Å².